The SMILES string of the molecule is CN(C)C(CNC(=O)c1csc(CN)n1)C1CCCCC1.Cl.Cl. The summed E-state index contributed by atoms with van der Waals surface area (Å²) < 4.78 is 0. The van der Waals surface area contributed by atoms with Crippen LogP contribution in [-0.4, -0.2) is 42.5 Å². The van der Waals surface area contributed by atoms with Gasteiger partial charge in [-0.2, -0.15) is 0 Å². The number of nitrogens with zero attached hydrogens (tertiary/aromatic N) is 2. The van der Waals surface area contributed by atoms with Crippen molar-refractivity contribution in [3.63, 3.8) is 0 Å². The number of rotatable bonds is 6. The van der Waals surface area contributed by atoms with Crippen LogP contribution in [0.1, 0.15) is 47.6 Å². The summed E-state index contributed by atoms with van der Waals surface area (Å²) >= 11 is 1.44. The normalized spacial score (nSPS) is 16.3. The molecule has 23 heavy (non-hydrogen) atoms. The van der Waals surface area contributed by atoms with Crippen LogP contribution in [0.4, 0.5) is 0 Å². The standard InChI is InChI=1S/C15H26N4OS.2ClH/c1-19(2)13(11-6-4-3-5-7-11)9-17-15(20)12-10-21-14(8-16)18-12;;/h10-11,13H,3-9,16H2,1-2H3,(H,17,20);2*1H. The van der Waals surface area contributed by atoms with Crippen molar-refractivity contribution in [1.29, 1.82) is 0 Å². The Morgan fingerprint density at radius 1 is 1.39 bits per heavy atom. The lowest BCUT2D eigenvalue weighted by atomic mass is 9.83. The molecule has 5 nitrogen and oxygen atoms in total. The average molecular weight is 383 g/mol. The van der Waals surface area contributed by atoms with Gasteiger partial charge in [-0.05, 0) is 32.9 Å². The van der Waals surface area contributed by atoms with Crippen molar-refractivity contribution in [2.75, 3.05) is 20.6 Å². The molecule has 1 saturated carbocycles. The van der Waals surface area contributed by atoms with Gasteiger partial charge < -0.3 is 16.0 Å². The van der Waals surface area contributed by atoms with Crippen LogP contribution < -0.4 is 11.1 Å². The predicted octanol–water partition coefficient (Wildman–Crippen LogP) is 2.69. The minimum absolute atomic E-state index is 0. The maximum Gasteiger partial charge on any atom is 0.270 e. The van der Waals surface area contributed by atoms with E-state index in [-0.39, 0.29) is 30.7 Å². The highest BCUT2D eigenvalue weighted by Crippen LogP contribution is 2.28. The van der Waals surface area contributed by atoms with E-state index in [2.05, 4.69) is 29.3 Å². The van der Waals surface area contributed by atoms with Gasteiger partial charge in [0, 0.05) is 24.5 Å². The van der Waals surface area contributed by atoms with Crippen LogP contribution in [0.15, 0.2) is 5.38 Å². The second kappa shape index (κ2) is 11.2. The third kappa shape index (κ3) is 6.55. The van der Waals surface area contributed by atoms with E-state index in [0.717, 1.165) is 5.01 Å². The Balaban J connectivity index is 0.00000242. The van der Waals surface area contributed by atoms with E-state index in [1.165, 1.54) is 43.4 Å². The van der Waals surface area contributed by atoms with Crippen LogP contribution in [0, 0.1) is 5.92 Å². The summed E-state index contributed by atoms with van der Waals surface area (Å²) in [5.74, 6) is 0.595. The average Bonchev–Trinajstić information content (AvgIpc) is 2.97. The summed E-state index contributed by atoms with van der Waals surface area (Å²) in [6.07, 6.45) is 6.52. The summed E-state index contributed by atoms with van der Waals surface area (Å²) in [6.45, 7) is 1.08. The van der Waals surface area contributed by atoms with Crippen LogP contribution in [0.5, 0.6) is 0 Å². The molecule has 1 atom stereocenters. The minimum Gasteiger partial charge on any atom is -0.349 e. The van der Waals surface area contributed by atoms with Crippen molar-refractivity contribution in [1.82, 2.24) is 15.2 Å². The maximum absolute atomic E-state index is 12.2. The maximum atomic E-state index is 12.2. The zero-order valence-corrected chi connectivity index (χ0v) is 16.2. The third-order valence-electron chi connectivity index (χ3n) is 4.29. The third-order valence-corrected chi connectivity index (χ3v) is 5.16. The van der Waals surface area contributed by atoms with Gasteiger partial charge in [-0.3, -0.25) is 4.79 Å². The van der Waals surface area contributed by atoms with E-state index in [1.54, 1.807) is 5.38 Å². The van der Waals surface area contributed by atoms with Crippen molar-refractivity contribution < 1.29 is 4.79 Å². The van der Waals surface area contributed by atoms with Gasteiger partial charge in [0.05, 0.1) is 0 Å². The van der Waals surface area contributed by atoms with Gasteiger partial charge >= 0.3 is 0 Å². The van der Waals surface area contributed by atoms with Crippen LogP contribution in [-0.2, 0) is 6.54 Å². The van der Waals surface area contributed by atoms with Crippen molar-refractivity contribution in [2.45, 2.75) is 44.7 Å². The molecule has 2 rings (SSSR count). The summed E-state index contributed by atoms with van der Waals surface area (Å²) in [6, 6.07) is 0.405. The number of nitrogens with one attached hydrogen (secondary N) is 1. The van der Waals surface area contributed by atoms with Crippen LogP contribution in [0.25, 0.3) is 0 Å². The molecule has 1 aromatic rings. The Morgan fingerprint density at radius 2 is 2.04 bits per heavy atom. The van der Waals surface area contributed by atoms with Gasteiger partial charge in [-0.1, -0.05) is 19.3 Å². The molecule has 0 bridgehead atoms. The Morgan fingerprint density at radius 3 is 2.57 bits per heavy atom. The van der Waals surface area contributed by atoms with E-state index < -0.39 is 0 Å². The molecule has 1 fully saturated rings. The molecular weight excluding hydrogens is 355 g/mol. The Kier molecular flexibility index (Phi) is 11.0. The molecular formula is C15H28Cl2N4OS. The minimum atomic E-state index is -0.0893. The van der Waals surface area contributed by atoms with Crippen LogP contribution in [0.3, 0.4) is 0 Å². The van der Waals surface area contributed by atoms with Crippen LogP contribution in [0.2, 0.25) is 0 Å². The number of hydrogen-bond acceptors (Lipinski definition) is 5. The Hall–Kier alpha value is -0.400. The number of carbonyl (C=O) groups is 1. The number of carbonyl (C=O) groups excluding carboxylic acids is 1. The highest BCUT2D eigenvalue weighted by molar-refractivity contribution is 7.09. The Bertz CT molecular complexity index is 464. The van der Waals surface area contributed by atoms with E-state index in [9.17, 15) is 4.79 Å². The molecule has 134 valence electrons. The fourth-order valence-electron chi connectivity index (χ4n) is 3.09. The lowest BCUT2D eigenvalue weighted by Crippen LogP contribution is -2.45. The first-order valence-corrected chi connectivity index (χ1v) is 8.59. The monoisotopic (exact) mass is 382 g/mol. The zero-order chi connectivity index (χ0) is 15.2. The largest absolute Gasteiger partial charge is 0.349 e. The van der Waals surface area contributed by atoms with E-state index in [0.29, 0.717) is 30.7 Å². The first-order valence-electron chi connectivity index (χ1n) is 7.71. The molecule has 0 spiro atoms. The van der Waals surface area contributed by atoms with Crippen molar-refractivity contribution in [2.24, 2.45) is 11.7 Å². The molecule has 1 amide bonds. The topological polar surface area (TPSA) is 71.2 Å². The zero-order valence-electron chi connectivity index (χ0n) is 13.8. The van der Waals surface area contributed by atoms with Crippen molar-refractivity contribution >= 4 is 42.1 Å². The van der Waals surface area contributed by atoms with E-state index in [4.69, 9.17) is 5.73 Å². The number of hydrogen-bond donors (Lipinski definition) is 2. The lowest BCUT2D eigenvalue weighted by Gasteiger charge is -2.34. The van der Waals surface area contributed by atoms with E-state index >= 15 is 0 Å². The molecule has 0 saturated heterocycles. The molecule has 1 aliphatic carbocycles. The number of likely N-dealkylation sites (N-methyl/N-ethyl adjacent to an activating group) is 1. The molecule has 1 aromatic heterocycles. The fraction of sp³-hybridized carbons (Fsp3) is 0.733. The second-order valence-corrected chi connectivity index (χ2v) is 6.91. The van der Waals surface area contributed by atoms with Crippen molar-refractivity contribution in [3.05, 3.63) is 16.1 Å². The summed E-state index contributed by atoms with van der Waals surface area (Å²) in [5, 5.41) is 5.62. The quantitative estimate of drug-likeness (QED) is 0.792. The number of aromatic nitrogens is 1. The van der Waals surface area contributed by atoms with Gasteiger partial charge in [-0.15, -0.1) is 36.2 Å². The highest BCUT2D eigenvalue weighted by Gasteiger charge is 2.26. The summed E-state index contributed by atoms with van der Waals surface area (Å²) in [5.41, 5.74) is 6.02. The Labute approximate surface area is 155 Å². The van der Waals surface area contributed by atoms with Gasteiger partial charge in [0.2, 0.25) is 0 Å². The molecule has 1 unspecified atom stereocenters. The predicted molar refractivity (Wildman–Crippen MR) is 101 cm³/mol. The lowest BCUT2D eigenvalue weighted by molar-refractivity contribution is 0.0917. The van der Waals surface area contributed by atoms with Gasteiger partial charge in [0.1, 0.15) is 10.7 Å². The number of nitrogens with two attached hydrogens (primary N) is 1. The first kappa shape index (κ1) is 22.6. The number of halogens is 2. The summed E-state index contributed by atoms with van der Waals surface area (Å²) in [7, 11) is 4.20. The molecule has 8 heteroatoms. The van der Waals surface area contributed by atoms with Gasteiger partial charge in [0.25, 0.3) is 5.91 Å². The van der Waals surface area contributed by atoms with Gasteiger partial charge in [-0.25, -0.2) is 4.98 Å². The number of amides is 1. The number of thiazole rings is 1. The molecule has 3 N–H and O–H groups in total. The smallest absolute Gasteiger partial charge is 0.270 e. The van der Waals surface area contributed by atoms with Crippen molar-refractivity contribution in [3.8, 4) is 0 Å². The van der Waals surface area contributed by atoms with E-state index in [1.807, 2.05) is 0 Å². The molecule has 0 aromatic carbocycles. The first-order chi connectivity index (χ1) is 10.1. The molecule has 0 aliphatic heterocycles. The highest BCUT2D eigenvalue weighted by atomic mass is 35.5. The second-order valence-electron chi connectivity index (χ2n) is 5.97. The fourth-order valence-corrected chi connectivity index (χ4v) is 3.74. The molecule has 0 radical (unpaired) electrons. The summed E-state index contributed by atoms with van der Waals surface area (Å²) in [4.78, 5) is 18.6. The molecule has 1 aliphatic rings. The molecule has 1 heterocycles. The van der Waals surface area contributed by atoms with Gasteiger partial charge in [0.15, 0.2) is 0 Å². The van der Waals surface area contributed by atoms with Crippen LogP contribution >= 0.6 is 36.2 Å².